The molecule has 0 amide bonds. The molecule has 2 nitrogen and oxygen atoms in total. The molecule has 0 bridgehead atoms. The van der Waals surface area contributed by atoms with E-state index in [0.29, 0.717) is 27.4 Å². The summed E-state index contributed by atoms with van der Waals surface area (Å²) in [4.78, 5) is 0. The maximum atomic E-state index is 6.20. The first-order valence-corrected chi connectivity index (χ1v) is 6.32. The molecule has 0 aromatic heterocycles. The van der Waals surface area contributed by atoms with Crippen LogP contribution in [0.25, 0.3) is 0 Å². The Kier molecular flexibility index (Phi) is 3.85. The SMILES string of the molecule is CCNC1CCOc2c(Cl)cc(Cl)c(Cl)c21. The Labute approximate surface area is 110 Å². The first-order valence-electron chi connectivity index (χ1n) is 5.18. The van der Waals surface area contributed by atoms with E-state index in [9.17, 15) is 0 Å². The van der Waals surface area contributed by atoms with Gasteiger partial charge in [0.25, 0.3) is 0 Å². The summed E-state index contributed by atoms with van der Waals surface area (Å²) in [6.07, 6.45) is 0.872. The number of ether oxygens (including phenoxy) is 1. The van der Waals surface area contributed by atoms with Crippen molar-refractivity contribution < 1.29 is 4.74 Å². The number of nitrogens with one attached hydrogen (secondary N) is 1. The van der Waals surface area contributed by atoms with Crippen LogP contribution in [0.1, 0.15) is 24.9 Å². The van der Waals surface area contributed by atoms with Crippen LogP contribution in [-0.4, -0.2) is 13.2 Å². The maximum absolute atomic E-state index is 6.20. The van der Waals surface area contributed by atoms with Gasteiger partial charge in [0.15, 0.2) is 0 Å². The van der Waals surface area contributed by atoms with Gasteiger partial charge in [0, 0.05) is 18.0 Å². The molecule has 1 unspecified atom stereocenters. The average molecular weight is 281 g/mol. The Bertz CT molecular complexity index is 409. The lowest BCUT2D eigenvalue weighted by Gasteiger charge is -2.28. The fourth-order valence-electron chi connectivity index (χ4n) is 1.93. The summed E-state index contributed by atoms with van der Waals surface area (Å²) in [6.45, 7) is 3.56. The Morgan fingerprint density at radius 1 is 1.38 bits per heavy atom. The summed E-state index contributed by atoms with van der Waals surface area (Å²) in [7, 11) is 0. The van der Waals surface area contributed by atoms with Crippen molar-refractivity contribution >= 4 is 34.8 Å². The molecule has 1 atom stereocenters. The highest BCUT2D eigenvalue weighted by Crippen LogP contribution is 2.45. The van der Waals surface area contributed by atoms with Crippen molar-refractivity contribution in [3.05, 3.63) is 26.7 Å². The Morgan fingerprint density at radius 3 is 2.81 bits per heavy atom. The summed E-state index contributed by atoms with van der Waals surface area (Å²) in [5.41, 5.74) is 0.882. The summed E-state index contributed by atoms with van der Waals surface area (Å²) in [5, 5.41) is 4.88. The lowest BCUT2D eigenvalue weighted by Crippen LogP contribution is -2.27. The summed E-state index contributed by atoms with van der Waals surface area (Å²) in [5.74, 6) is 0.660. The van der Waals surface area contributed by atoms with Gasteiger partial charge in [-0.3, -0.25) is 0 Å². The van der Waals surface area contributed by atoms with E-state index in [0.717, 1.165) is 18.5 Å². The Balaban J connectivity index is 2.53. The summed E-state index contributed by atoms with van der Waals surface area (Å²) < 4.78 is 5.55. The second kappa shape index (κ2) is 5.01. The van der Waals surface area contributed by atoms with Gasteiger partial charge in [-0.15, -0.1) is 0 Å². The van der Waals surface area contributed by atoms with E-state index < -0.39 is 0 Å². The predicted octanol–water partition coefficient (Wildman–Crippen LogP) is 4.08. The highest BCUT2D eigenvalue weighted by atomic mass is 35.5. The van der Waals surface area contributed by atoms with Crippen LogP contribution in [-0.2, 0) is 0 Å². The lowest BCUT2D eigenvalue weighted by molar-refractivity contribution is 0.254. The summed E-state index contributed by atoms with van der Waals surface area (Å²) in [6, 6.07) is 1.79. The third-order valence-electron chi connectivity index (χ3n) is 2.61. The minimum atomic E-state index is 0.164. The average Bonchev–Trinajstić information content (AvgIpc) is 2.26. The number of benzene rings is 1. The van der Waals surface area contributed by atoms with Crippen LogP contribution in [0.5, 0.6) is 5.75 Å². The van der Waals surface area contributed by atoms with Crippen molar-refractivity contribution in [2.45, 2.75) is 19.4 Å². The first kappa shape index (κ1) is 12.3. The predicted molar refractivity (Wildman–Crippen MR) is 68.0 cm³/mol. The topological polar surface area (TPSA) is 21.3 Å². The second-order valence-corrected chi connectivity index (χ2v) is 4.84. The van der Waals surface area contributed by atoms with Crippen LogP contribution in [0.2, 0.25) is 15.1 Å². The monoisotopic (exact) mass is 279 g/mol. The van der Waals surface area contributed by atoms with Crippen molar-refractivity contribution in [1.82, 2.24) is 5.32 Å². The molecule has 1 aromatic carbocycles. The van der Waals surface area contributed by atoms with E-state index >= 15 is 0 Å². The third kappa shape index (κ3) is 2.12. The lowest BCUT2D eigenvalue weighted by atomic mass is 10.0. The molecule has 1 heterocycles. The van der Waals surface area contributed by atoms with E-state index in [2.05, 4.69) is 12.2 Å². The number of halogens is 3. The smallest absolute Gasteiger partial charge is 0.144 e. The van der Waals surface area contributed by atoms with E-state index in [1.54, 1.807) is 6.07 Å². The number of hydrogen-bond acceptors (Lipinski definition) is 2. The minimum Gasteiger partial charge on any atom is -0.492 e. The molecule has 0 spiro atoms. The van der Waals surface area contributed by atoms with Crippen LogP contribution >= 0.6 is 34.8 Å². The normalized spacial score (nSPS) is 19.1. The van der Waals surface area contributed by atoms with Crippen molar-refractivity contribution in [2.75, 3.05) is 13.2 Å². The molecule has 1 aliphatic rings. The minimum absolute atomic E-state index is 0.164. The van der Waals surface area contributed by atoms with Gasteiger partial charge in [0.1, 0.15) is 5.75 Å². The number of fused-ring (bicyclic) bond motifs is 1. The van der Waals surface area contributed by atoms with Crippen LogP contribution in [0.4, 0.5) is 0 Å². The molecule has 2 rings (SSSR count). The van der Waals surface area contributed by atoms with Gasteiger partial charge in [-0.05, 0) is 12.6 Å². The van der Waals surface area contributed by atoms with Crippen LogP contribution < -0.4 is 10.1 Å². The molecule has 0 radical (unpaired) electrons. The molecule has 0 saturated heterocycles. The quantitative estimate of drug-likeness (QED) is 0.824. The van der Waals surface area contributed by atoms with E-state index in [-0.39, 0.29) is 6.04 Å². The maximum Gasteiger partial charge on any atom is 0.144 e. The Hall–Kier alpha value is -0.150. The third-order valence-corrected chi connectivity index (χ3v) is 3.70. The number of hydrogen-bond donors (Lipinski definition) is 1. The largest absolute Gasteiger partial charge is 0.492 e. The molecule has 16 heavy (non-hydrogen) atoms. The summed E-state index contributed by atoms with van der Waals surface area (Å²) >= 11 is 18.3. The van der Waals surface area contributed by atoms with Crippen molar-refractivity contribution in [2.24, 2.45) is 0 Å². The second-order valence-electron chi connectivity index (χ2n) is 3.64. The van der Waals surface area contributed by atoms with Gasteiger partial charge in [-0.2, -0.15) is 0 Å². The molecule has 1 N–H and O–H groups in total. The molecular formula is C11H12Cl3NO. The molecular weight excluding hydrogens is 268 g/mol. The zero-order chi connectivity index (χ0) is 11.7. The van der Waals surface area contributed by atoms with Gasteiger partial charge in [-0.25, -0.2) is 0 Å². The molecule has 1 aliphatic heterocycles. The van der Waals surface area contributed by atoms with Crippen LogP contribution in [0.3, 0.4) is 0 Å². The standard InChI is InChI=1S/C11H12Cl3NO/c1-2-15-8-3-4-16-11-7(13)5-6(12)10(14)9(8)11/h5,8,15H,2-4H2,1H3. The van der Waals surface area contributed by atoms with E-state index in [1.807, 2.05) is 0 Å². The zero-order valence-electron chi connectivity index (χ0n) is 8.82. The fraction of sp³-hybridized carbons (Fsp3) is 0.455. The molecule has 88 valence electrons. The highest BCUT2D eigenvalue weighted by Gasteiger charge is 2.27. The van der Waals surface area contributed by atoms with Crippen molar-refractivity contribution in [3.8, 4) is 5.75 Å². The fourth-order valence-corrected chi connectivity index (χ4v) is 2.73. The van der Waals surface area contributed by atoms with Gasteiger partial charge in [0.2, 0.25) is 0 Å². The van der Waals surface area contributed by atoms with Gasteiger partial charge in [-0.1, -0.05) is 41.7 Å². The zero-order valence-corrected chi connectivity index (χ0v) is 11.1. The van der Waals surface area contributed by atoms with Crippen molar-refractivity contribution in [3.63, 3.8) is 0 Å². The molecule has 0 saturated carbocycles. The molecule has 0 aliphatic carbocycles. The van der Waals surface area contributed by atoms with Gasteiger partial charge in [0.05, 0.1) is 21.7 Å². The molecule has 1 aromatic rings. The van der Waals surface area contributed by atoms with Crippen LogP contribution in [0, 0.1) is 0 Å². The van der Waals surface area contributed by atoms with E-state index in [1.165, 1.54) is 0 Å². The van der Waals surface area contributed by atoms with E-state index in [4.69, 9.17) is 39.5 Å². The van der Waals surface area contributed by atoms with Gasteiger partial charge >= 0.3 is 0 Å². The highest BCUT2D eigenvalue weighted by molar-refractivity contribution is 6.44. The Morgan fingerprint density at radius 2 is 2.12 bits per heavy atom. The molecule has 0 fully saturated rings. The molecule has 5 heteroatoms. The van der Waals surface area contributed by atoms with Gasteiger partial charge < -0.3 is 10.1 Å². The first-order chi connectivity index (χ1) is 7.65. The van der Waals surface area contributed by atoms with Crippen LogP contribution in [0.15, 0.2) is 6.07 Å². The van der Waals surface area contributed by atoms with Crippen molar-refractivity contribution in [1.29, 1.82) is 0 Å². The number of rotatable bonds is 2.